The lowest BCUT2D eigenvalue weighted by molar-refractivity contribution is -0.133. The van der Waals surface area contributed by atoms with Crippen LogP contribution < -0.4 is 20.1 Å². The Bertz CT molecular complexity index is 774. The van der Waals surface area contributed by atoms with Crippen LogP contribution in [0, 0.1) is 0 Å². The van der Waals surface area contributed by atoms with Gasteiger partial charge in [-0.2, -0.15) is 0 Å². The number of esters is 1. The average molecular weight is 370 g/mol. The van der Waals surface area contributed by atoms with Gasteiger partial charge < -0.3 is 20.1 Å². The summed E-state index contributed by atoms with van der Waals surface area (Å²) < 4.78 is 11.1. The first-order chi connectivity index (χ1) is 13.0. The highest BCUT2D eigenvalue weighted by Gasteiger charge is 2.12. The number of nitrogens with one attached hydrogen (secondary N) is 2. The second-order valence-electron chi connectivity index (χ2n) is 6.33. The van der Waals surface area contributed by atoms with Crippen molar-refractivity contribution in [1.29, 1.82) is 0 Å². The molecular formula is C21H26N2O4. The molecule has 0 aliphatic carbocycles. The van der Waals surface area contributed by atoms with Crippen LogP contribution in [0.2, 0.25) is 0 Å². The summed E-state index contributed by atoms with van der Waals surface area (Å²) >= 11 is 0. The van der Waals surface area contributed by atoms with Gasteiger partial charge in [-0.3, -0.25) is 4.79 Å². The molecule has 6 heteroatoms. The number of amides is 2. The Labute approximate surface area is 159 Å². The first kappa shape index (κ1) is 20.3. The maximum Gasteiger partial charge on any atom is 0.319 e. The summed E-state index contributed by atoms with van der Waals surface area (Å²) in [5.74, 6) is 0.644. The Morgan fingerprint density at radius 1 is 1.07 bits per heavy atom. The number of hydrogen-bond acceptors (Lipinski definition) is 4. The van der Waals surface area contributed by atoms with E-state index in [1.165, 1.54) is 0 Å². The SMILES string of the molecule is CCCNC(=O)Nc1cccc(OC(=O)Cc2ccccc2OC(C)C)c1. The van der Waals surface area contributed by atoms with Crippen molar-refractivity contribution in [1.82, 2.24) is 5.32 Å². The largest absolute Gasteiger partial charge is 0.491 e. The molecule has 2 aromatic rings. The fourth-order valence-corrected chi connectivity index (χ4v) is 2.39. The van der Waals surface area contributed by atoms with Crippen LogP contribution in [0.15, 0.2) is 48.5 Å². The predicted molar refractivity (Wildman–Crippen MR) is 105 cm³/mol. The van der Waals surface area contributed by atoms with Gasteiger partial charge in [0.05, 0.1) is 12.5 Å². The van der Waals surface area contributed by atoms with E-state index in [0.29, 0.717) is 23.7 Å². The fourth-order valence-electron chi connectivity index (χ4n) is 2.39. The van der Waals surface area contributed by atoms with E-state index in [1.807, 2.05) is 45.0 Å². The summed E-state index contributed by atoms with van der Waals surface area (Å²) in [6, 6.07) is 13.8. The minimum Gasteiger partial charge on any atom is -0.491 e. The minimum absolute atomic E-state index is 0.0174. The lowest BCUT2D eigenvalue weighted by Crippen LogP contribution is -2.29. The van der Waals surface area contributed by atoms with Crippen LogP contribution in [-0.4, -0.2) is 24.6 Å². The smallest absolute Gasteiger partial charge is 0.319 e. The van der Waals surface area contributed by atoms with E-state index in [1.54, 1.807) is 24.3 Å². The lowest BCUT2D eigenvalue weighted by Gasteiger charge is -2.14. The third kappa shape index (κ3) is 7.01. The molecule has 27 heavy (non-hydrogen) atoms. The molecule has 2 rings (SSSR count). The first-order valence-corrected chi connectivity index (χ1v) is 9.08. The van der Waals surface area contributed by atoms with E-state index >= 15 is 0 Å². The van der Waals surface area contributed by atoms with Crippen molar-refractivity contribution in [3.8, 4) is 11.5 Å². The highest BCUT2D eigenvalue weighted by molar-refractivity contribution is 5.89. The number of anilines is 1. The summed E-state index contributed by atoms with van der Waals surface area (Å²) in [5, 5.41) is 5.43. The number of urea groups is 1. The molecule has 144 valence electrons. The van der Waals surface area contributed by atoms with Gasteiger partial charge in [0.2, 0.25) is 0 Å². The molecule has 0 unspecified atom stereocenters. The predicted octanol–water partition coefficient (Wildman–Crippen LogP) is 4.15. The molecule has 0 aromatic heterocycles. The highest BCUT2D eigenvalue weighted by atomic mass is 16.5. The minimum atomic E-state index is -0.401. The zero-order valence-corrected chi connectivity index (χ0v) is 16.0. The Kier molecular flexibility index (Phi) is 7.67. The number of carbonyl (C=O) groups excluding carboxylic acids is 2. The van der Waals surface area contributed by atoms with Crippen LogP contribution in [-0.2, 0) is 11.2 Å². The van der Waals surface area contributed by atoms with E-state index in [4.69, 9.17) is 9.47 Å². The van der Waals surface area contributed by atoms with Gasteiger partial charge in [0.15, 0.2) is 0 Å². The molecular weight excluding hydrogens is 344 g/mol. The van der Waals surface area contributed by atoms with Crippen molar-refractivity contribution < 1.29 is 19.1 Å². The second-order valence-corrected chi connectivity index (χ2v) is 6.33. The summed E-state index contributed by atoms with van der Waals surface area (Å²) in [7, 11) is 0. The molecule has 0 spiro atoms. The maximum absolute atomic E-state index is 12.3. The number of benzene rings is 2. The van der Waals surface area contributed by atoms with Gasteiger partial charge in [-0.25, -0.2) is 4.79 Å². The van der Waals surface area contributed by atoms with Crippen LogP contribution >= 0.6 is 0 Å². The summed E-state index contributed by atoms with van der Waals surface area (Å²) in [4.78, 5) is 24.0. The van der Waals surface area contributed by atoms with Gasteiger partial charge in [0.25, 0.3) is 0 Å². The molecule has 0 saturated heterocycles. The number of carbonyl (C=O) groups is 2. The third-order valence-electron chi connectivity index (χ3n) is 3.53. The topological polar surface area (TPSA) is 76.7 Å². The van der Waals surface area contributed by atoms with Gasteiger partial charge in [-0.1, -0.05) is 31.2 Å². The molecule has 0 radical (unpaired) electrons. The molecule has 0 atom stereocenters. The zero-order valence-electron chi connectivity index (χ0n) is 16.0. The van der Waals surface area contributed by atoms with E-state index in [9.17, 15) is 9.59 Å². The molecule has 0 aliphatic heterocycles. The highest BCUT2D eigenvalue weighted by Crippen LogP contribution is 2.22. The molecule has 2 N–H and O–H groups in total. The van der Waals surface area contributed by atoms with Crippen molar-refractivity contribution in [2.24, 2.45) is 0 Å². The van der Waals surface area contributed by atoms with Crippen molar-refractivity contribution in [3.63, 3.8) is 0 Å². The normalized spacial score (nSPS) is 10.4. The van der Waals surface area contributed by atoms with Crippen molar-refractivity contribution >= 4 is 17.7 Å². The standard InChI is InChI=1S/C21H26N2O4/c1-4-12-22-21(25)23-17-9-7-10-18(14-17)27-20(24)13-16-8-5-6-11-19(16)26-15(2)3/h5-11,14-15H,4,12-13H2,1-3H3,(H2,22,23,25). The Morgan fingerprint density at radius 2 is 1.85 bits per heavy atom. The Morgan fingerprint density at radius 3 is 2.59 bits per heavy atom. The third-order valence-corrected chi connectivity index (χ3v) is 3.53. The van der Waals surface area contributed by atoms with Gasteiger partial charge in [-0.15, -0.1) is 0 Å². The van der Waals surface area contributed by atoms with Crippen molar-refractivity contribution in [2.45, 2.75) is 39.7 Å². The van der Waals surface area contributed by atoms with Crippen molar-refractivity contribution in [3.05, 3.63) is 54.1 Å². The van der Waals surface area contributed by atoms with Gasteiger partial charge in [0.1, 0.15) is 11.5 Å². The Balaban J connectivity index is 1.98. The zero-order chi connectivity index (χ0) is 19.6. The van der Waals surface area contributed by atoms with Gasteiger partial charge >= 0.3 is 12.0 Å². The number of para-hydroxylation sites is 1. The fraction of sp³-hybridized carbons (Fsp3) is 0.333. The van der Waals surface area contributed by atoms with E-state index in [2.05, 4.69) is 10.6 Å². The number of rotatable bonds is 8. The molecule has 0 saturated carbocycles. The molecule has 2 amide bonds. The first-order valence-electron chi connectivity index (χ1n) is 9.08. The van der Waals surface area contributed by atoms with Gasteiger partial charge in [-0.05, 0) is 38.5 Å². The van der Waals surface area contributed by atoms with E-state index in [0.717, 1.165) is 12.0 Å². The number of hydrogen-bond donors (Lipinski definition) is 2. The average Bonchev–Trinajstić information content (AvgIpc) is 2.61. The van der Waals surface area contributed by atoms with Crippen LogP contribution in [0.4, 0.5) is 10.5 Å². The molecule has 2 aromatic carbocycles. The molecule has 0 heterocycles. The van der Waals surface area contributed by atoms with Crippen LogP contribution in [0.5, 0.6) is 11.5 Å². The van der Waals surface area contributed by atoms with Gasteiger partial charge in [0, 0.05) is 23.9 Å². The quantitative estimate of drug-likeness (QED) is 0.540. The summed E-state index contributed by atoms with van der Waals surface area (Å²) in [6.45, 7) is 6.44. The summed E-state index contributed by atoms with van der Waals surface area (Å²) in [5.41, 5.74) is 1.32. The summed E-state index contributed by atoms with van der Waals surface area (Å²) in [6.07, 6.45) is 0.966. The number of ether oxygens (including phenoxy) is 2. The lowest BCUT2D eigenvalue weighted by atomic mass is 10.1. The van der Waals surface area contributed by atoms with Crippen molar-refractivity contribution in [2.75, 3.05) is 11.9 Å². The van der Waals surface area contributed by atoms with E-state index < -0.39 is 5.97 Å². The van der Waals surface area contributed by atoms with Crippen LogP contribution in [0.25, 0.3) is 0 Å². The molecule has 0 fully saturated rings. The van der Waals surface area contributed by atoms with Crippen LogP contribution in [0.3, 0.4) is 0 Å². The van der Waals surface area contributed by atoms with Crippen LogP contribution in [0.1, 0.15) is 32.8 Å². The van der Waals surface area contributed by atoms with E-state index in [-0.39, 0.29) is 18.6 Å². The molecule has 6 nitrogen and oxygen atoms in total. The molecule has 0 aliphatic rings. The monoisotopic (exact) mass is 370 g/mol. The maximum atomic E-state index is 12.3. The second kappa shape index (κ2) is 10.2. The molecule has 0 bridgehead atoms. The Hall–Kier alpha value is -3.02.